The maximum Gasteiger partial charge on any atom is 0.244 e. The summed E-state index contributed by atoms with van der Waals surface area (Å²) in [4.78, 5) is 24.8. The topological polar surface area (TPSA) is 61.4 Å². The van der Waals surface area contributed by atoms with E-state index in [2.05, 4.69) is 15.5 Å². The number of hydrogen-bond donors (Lipinski definition) is 2. The zero-order valence-corrected chi connectivity index (χ0v) is 9.66. The third-order valence-corrected chi connectivity index (χ3v) is 3.56. The van der Waals surface area contributed by atoms with Gasteiger partial charge in [0.05, 0.1) is 12.5 Å². The molecule has 5 heteroatoms. The summed E-state index contributed by atoms with van der Waals surface area (Å²) in [6, 6.07) is 0.159. The van der Waals surface area contributed by atoms with Crippen molar-refractivity contribution in [2.24, 2.45) is 0 Å². The summed E-state index contributed by atoms with van der Waals surface area (Å²) < 4.78 is 0. The summed E-state index contributed by atoms with van der Waals surface area (Å²) in [7, 11) is 1.96. The van der Waals surface area contributed by atoms with Crippen molar-refractivity contribution in [3.05, 3.63) is 0 Å². The molecule has 2 atom stereocenters. The third-order valence-electron chi connectivity index (χ3n) is 3.56. The Morgan fingerprint density at radius 1 is 1.25 bits per heavy atom. The molecule has 2 aliphatic heterocycles. The van der Waals surface area contributed by atoms with Gasteiger partial charge in [-0.2, -0.15) is 0 Å². The molecule has 0 aliphatic carbocycles. The predicted molar refractivity (Wildman–Crippen MR) is 59.8 cm³/mol. The van der Waals surface area contributed by atoms with E-state index in [1.54, 1.807) is 0 Å². The summed E-state index contributed by atoms with van der Waals surface area (Å²) in [5.41, 5.74) is 0. The van der Waals surface area contributed by atoms with Crippen molar-refractivity contribution in [3.8, 4) is 0 Å². The normalized spacial score (nSPS) is 31.6. The lowest BCUT2D eigenvalue weighted by Crippen LogP contribution is -2.44. The highest BCUT2D eigenvalue weighted by Gasteiger charge is 2.36. The molecule has 0 radical (unpaired) electrons. The predicted octanol–water partition coefficient (Wildman–Crippen LogP) is -0.525. The second-order valence-corrected chi connectivity index (χ2v) is 4.63. The number of rotatable bonds is 2. The molecule has 2 saturated heterocycles. The molecule has 0 aromatic rings. The zero-order valence-electron chi connectivity index (χ0n) is 9.66. The van der Waals surface area contributed by atoms with Crippen molar-refractivity contribution >= 4 is 11.8 Å². The Hall–Kier alpha value is -0.940. The maximum absolute atomic E-state index is 11.6. The van der Waals surface area contributed by atoms with Crippen LogP contribution < -0.4 is 10.6 Å². The molecule has 2 heterocycles. The van der Waals surface area contributed by atoms with Crippen LogP contribution in [0.3, 0.4) is 0 Å². The van der Waals surface area contributed by atoms with Crippen molar-refractivity contribution in [2.45, 2.75) is 37.8 Å². The summed E-state index contributed by atoms with van der Waals surface area (Å²) >= 11 is 0. The van der Waals surface area contributed by atoms with E-state index in [-0.39, 0.29) is 17.9 Å². The number of amides is 2. The molecule has 0 spiro atoms. The molecular weight excluding hydrogens is 206 g/mol. The van der Waals surface area contributed by atoms with Crippen LogP contribution in [-0.2, 0) is 9.59 Å². The Balaban J connectivity index is 1.97. The number of nitrogens with zero attached hydrogens (tertiary/aromatic N) is 1. The molecule has 2 fully saturated rings. The molecule has 2 aliphatic rings. The van der Waals surface area contributed by atoms with Gasteiger partial charge in [-0.05, 0) is 39.4 Å². The van der Waals surface area contributed by atoms with E-state index in [1.807, 2.05) is 7.05 Å². The first-order chi connectivity index (χ1) is 7.68. The van der Waals surface area contributed by atoms with Gasteiger partial charge in [0.15, 0.2) is 0 Å². The Labute approximate surface area is 95.6 Å². The molecule has 2 rings (SSSR count). The van der Waals surface area contributed by atoms with Gasteiger partial charge in [-0.25, -0.2) is 0 Å². The van der Waals surface area contributed by atoms with E-state index < -0.39 is 0 Å². The maximum atomic E-state index is 11.6. The lowest BCUT2D eigenvalue weighted by atomic mass is 10.1. The van der Waals surface area contributed by atoms with Gasteiger partial charge in [-0.15, -0.1) is 0 Å². The van der Waals surface area contributed by atoms with Gasteiger partial charge >= 0.3 is 0 Å². The van der Waals surface area contributed by atoms with E-state index in [9.17, 15) is 9.59 Å². The monoisotopic (exact) mass is 225 g/mol. The quantitative estimate of drug-likeness (QED) is 0.621. The highest BCUT2D eigenvalue weighted by Crippen LogP contribution is 2.18. The van der Waals surface area contributed by atoms with Crippen LogP contribution in [0.15, 0.2) is 0 Å². The molecule has 2 unspecified atom stereocenters. The first-order valence-electron chi connectivity index (χ1n) is 5.95. The highest BCUT2D eigenvalue weighted by molar-refractivity contribution is 6.05. The van der Waals surface area contributed by atoms with Gasteiger partial charge in [0.2, 0.25) is 11.8 Å². The van der Waals surface area contributed by atoms with Crippen molar-refractivity contribution in [1.82, 2.24) is 15.5 Å². The molecule has 0 aromatic carbocycles. The van der Waals surface area contributed by atoms with Crippen LogP contribution in [0.2, 0.25) is 0 Å². The van der Waals surface area contributed by atoms with Crippen molar-refractivity contribution < 1.29 is 9.59 Å². The average Bonchev–Trinajstić information content (AvgIpc) is 2.49. The van der Waals surface area contributed by atoms with Crippen LogP contribution in [-0.4, -0.2) is 48.9 Å². The Morgan fingerprint density at radius 2 is 2.06 bits per heavy atom. The molecule has 0 aromatic heterocycles. The SMILES string of the molecule is CN(C1CCCNCC1)C1CC(=O)NC1=O. The minimum absolute atomic E-state index is 0.135. The van der Waals surface area contributed by atoms with Gasteiger partial charge < -0.3 is 5.32 Å². The number of carbonyl (C=O) groups excluding carboxylic acids is 2. The van der Waals surface area contributed by atoms with Crippen LogP contribution in [0.4, 0.5) is 0 Å². The lowest BCUT2D eigenvalue weighted by Gasteiger charge is -2.30. The largest absolute Gasteiger partial charge is 0.317 e. The Kier molecular flexibility index (Phi) is 3.56. The minimum atomic E-state index is -0.254. The number of hydrogen-bond acceptors (Lipinski definition) is 4. The van der Waals surface area contributed by atoms with Crippen LogP contribution in [0, 0.1) is 0 Å². The van der Waals surface area contributed by atoms with Crippen molar-refractivity contribution in [3.63, 3.8) is 0 Å². The highest BCUT2D eigenvalue weighted by atomic mass is 16.2. The molecule has 0 bridgehead atoms. The smallest absolute Gasteiger partial charge is 0.244 e. The summed E-state index contributed by atoms with van der Waals surface area (Å²) in [5.74, 6) is -0.279. The first-order valence-corrected chi connectivity index (χ1v) is 5.95. The van der Waals surface area contributed by atoms with Gasteiger partial charge in [-0.3, -0.25) is 19.8 Å². The van der Waals surface area contributed by atoms with Crippen LogP contribution >= 0.6 is 0 Å². The molecule has 2 amide bonds. The summed E-state index contributed by atoms with van der Waals surface area (Å²) in [6.07, 6.45) is 3.60. The van der Waals surface area contributed by atoms with E-state index in [0.717, 1.165) is 32.4 Å². The van der Waals surface area contributed by atoms with Gasteiger partial charge in [-0.1, -0.05) is 0 Å². The number of likely N-dealkylation sites (N-methyl/N-ethyl adjacent to an activating group) is 1. The van der Waals surface area contributed by atoms with Gasteiger partial charge in [0.1, 0.15) is 0 Å². The molecule has 90 valence electrons. The standard InChI is InChI=1S/C11H19N3O2/c1-14(8-3-2-5-12-6-4-8)9-7-10(15)13-11(9)16/h8-9,12H,2-7H2,1H3,(H,13,15,16). The van der Waals surface area contributed by atoms with E-state index >= 15 is 0 Å². The molecular formula is C11H19N3O2. The van der Waals surface area contributed by atoms with Crippen LogP contribution in [0.25, 0.3) is 0 Å². The fraction of sp³-hybridized carbons (Fsp3) is 0.818. The third kappa shape index (κ3) is 2.41. The number of carbonyl (C=O) groups is 2. The number of imide groups is 1. The Morgan fingerprint density at radius 3 is 2.75 bits per heavy atom. The average molecular weight is 225 g/mol. The van der Waals surface area contributed by atoms with Gasteiger partial charge in [0, 0.05) is 6.04 Å². The summed E-state index contributed by atoms with van der Waals surface area (Å²) in [6.45, 7) is 2.05. The first kappa shape index (κ1) is 11.5. The second-order valence-electron chi connectivity index (χ2n) is 4.63. The van der Waals surface area contributed by atoms with Crippen molar-refractivity contribution in [1.29, 1.82) is 0 Å². The van der Waals surface area contributed by atoms with Crippen molar-refractivity contribution in [2.75, 3.05) is 20.1 Å². The van der Waals surface area contributed by atoms with Gasteiger partial charge in [0.25, 0.3) is 0 Å². The van der Waals surface area contributed by atoms with E-state index in [1.165, 1.54) is 0 Å². The fourth-order valence-corrected chi connectivity index (χ4v) is 2.53. The molecule has 16 heavy (non-hydrogen) atoms. The molecule has 2 N–H and O–H groups in total. The second kappa shape index (κ2) is 4.93. The minimum Gasteiger partial charge on any atom is -0.317 e. The molecule has 0 saturated carbocycles. The fourth-order valence-electron chi connectivity index (χ4n) is 2.53. The zero-order chi connectivity index (χ0) is 11.5. The van der Waals surface area contributed by atoms with Crippen LogP contribution in [0.5, 0.6) is 0 Å². The number of nitrogens with one attached hydrogen (secondary N) is 2. The molecule has 5 nitrogen and oxygen atoms in total. The Bertz CT molecular complexity index is 285. The lowest BCUT2D eigenvalue weighted by molar-refractivity contribution is -0.126. The van der Waals surface area contributed by atoms with E-state index in [4.69, 9.17) is 0 Å². The summed E-state index contributed by atoms with van der Waals surface area (Å²) in [5, 5.41) is 5.72. The van der Waals surface area contributed by atoms with Crippen LogP contribution in [0.1, 0.15) is 25.7 Å². The van der Waals surface area contributed by atoms with E-state index in [0.29, 0.717) is 12.5 Å².